The Morgan fingerprint density at radius 3 is 2.89 bits per heavy atom. The molecule has 0 aliphatic carbocycles. The summed E-state index contributed by atoms with van der Waals surface area (Å²) in [5.74, 6) is -0.722. The molecule has 1 aromatic heterocycles. The second kappa shape index (κ2) is 5.14. The zero-order chi connectivity index (χ0) is 14.0. The molecule has 9 heteroatoms. The fourth-order valence-corrected chi connectivity index (χ4v) is 1.68. The van der Waals surface area contributed by atoms with Gasteiger partial charge in [0.2, 0.25) is 11.8 Å². The highest BCUT2D eigenvalue weighted by atomic mass is 79.9. The van der Waals surface area contributed by atoms with Crippen LogP contribution in [-0.2, 0) is 0 Å². The van der Waals surface area contributed by atoms with Crippen molar-refractivity contribution in [2.75, 3.05) is 11.1 Å². The molecule has 2 rings (SSSR count). The van der Waals surface area contributed by atoms with Crippen LogP contribution in [0.2, 0.25) is 0 Å². The van der Waals surface area contributed by atoms with Crippen molar-refractivity contribution in [3.63, 3.8) is 0 Å². The Hall–Kier alpha value is -2.29. The van der Waals surface area contributed by atoms with Crippen LogP contribution in [0, 0.1) is 15.9 Å². The number of hydrogen-bond donors (Lipinski definition) is 2. The molecule has 19 heavy (non-hydrogen) atoms. The normalized spacial score (nSPS) is 10.2. The molecular formula is C10H7BrFN5O2. The summed E-state index contributed by atoms with van der Waals surface area (Å²) in [5.41, 5.74) is 5.32. The predicted octanol–water partition coefficient (Wildman–Crippen LogP) is 2.61. The van der Waals surface area contributed by atoms with E-state index < -0.39 is 10.7 Å². The summed E-state index contributed by atoms with van der Waals surface area (Å²) in [6, 6.07) is 3.89. The molecule has 0 spiro atoms. The fraction of sp³-hybridized carbons (Fsp3) is 0. The molecule has 0 bridgehead atoms. The molecule has 0 saturated heterocycles. The monoisotopic (exact) mass is 327 g/mol. The van der Waals surface area contributed by atoms with E-state index in [-0.39, 0.29) is 17.5 Å². The number of aromatic nitrogens is 2. The van der Waals surface area contributed by atoms with Crippen molar-refractivity contribution in [1.82, 2.24) is 9.97 Å². The first-order valence-electron chi connectivity index (χ1n) is 4.96. The Morgan fingerprint density at radius 1 is 1.47 bits per heavy atom. The first-order chi connectivity index (χ1) is 8.97. The lowest BCUT2D eigenvalue weighted by Gasteiger charge is -2.08. The van der Waals surface area contributed by atoms with Crippen LogP contribution in [0.5, 0.6) is 0 Å². The maximum atomic E-state index is 13.1. The van der Waals surface area contributed by atoms with Gasteiger partial charge in [0, 0.05) is 4.47 Å². The molecule has 0 fully saturated rings. The molecule has 0 unspecified atom stereocenters. The predicted molar refractivity (Wildman–Crippen MR) is 70.5 cm³/mol. The summed E-state index contributed by atoms with van der Waals surface area (Å²) >= 11 is 3.19. The molecule has 0 saturated carbocycles. The summed E-state index contributed by atoms with van der Waals surface area (Å²) in [7, 11) is 0. The molecule has 0 aliphatic rings. The van der Waals surface area contributed by atoms with Gasteiger partial charge in [-0.3, -0.25) is 10.1 Å². The second-order valence-electron chi connectivity index (χ2n) is 3.47. The van der Waals surface area contributed by atoms with E-state index in [2.05, 4.69) is 31.2 Å². The standard InChI is InChI=1S/C10H7BrFN5O2/c11-6-2-1-5(12)3-7(6)15-9-8(17(18)19)4-14-10(13)16-9/h1-4H,(H3,13,14,15,16). The molecule has 0 radical (unpaired) electrons. The first-order valence-corrected chi connectivity index (χ1v) is 5.75. The number of halogens is 2. The lowest BCUT2D eigenvalue weighted by Crippen LogP contribution is -2.04. The fourth-order valence-electron chi connectivity index (χ4n) is 1.34. The lowest BCUT2D eigenvalue weighted by atomic mass is 10.3. The summed E-state index contributed by atoms with van der Waals surface area (Å²) in [6.07, 6.45) is 0.984. The van der Waals surface area contributed by atoms with Crippen LogP contribution < -0.4 is 11.1 Å². The second-order valence-corrected chi connectivity index (χ2v) is 4.32. The maximum Gasteiger partial charge on any atom is 0.329 e. The number of nitrogens with zero attached hydrogens (tertiary/aromatic N) is 3. The highest BCUT2D eigenvalue weighted by Gasteiger charge is 2.17. The van der Waals surface area contributed by atoms with Gasteiger partial charge in [-0.05, 0) is 34.1 Å². The number of rotatable bonds is 3. The minimum atomic E-state index is -0.658. The van der Waals surface area contributed by atoms with Crippen LogP contribution in [0.3, 0.4) is 0 Å². The van der Waals surface area contributed by atoms with Gasteiger partial charge in [-0.15, -0.1) is 0 Å². The van der Waals surface area contributed by atoms with Crippen molar-refractivity contribution < 1.29 is 9.31 Å². The maximum absolute atomic E-state index is 13.1. The molecule has 0 amide bonds. The van der Waals surface area contributed by atoms with Crippen LogP contribution >= 0.6 is 15.9 Å². The Labute approximate surface area is 115 Å². The van der Waals surface area contributed by atoms with Crippen molar-refractivity contribution in [2.45, 2.75) is 0 Å². The van der Waals surface area contributed by atoms with E-state index >= 15 is 0 Å². The van der Waals surface area contributed by atoms with E-state index in [1.54, 1.807) is 0 Å². The van der Waals surface area contributed by atoms with Gasteiger partial charge in [0.25, 0.3) is 0 Å². The van der Waals surface area contributed by atoms with Gasteiger partial charge in [-0.25, -0.2) is 9.37 Å². The summed E-state index contributed by atoms with van der Waals surface area (Å²) < 4.78 is 13.7. The van der Waals surface area contributed by atoms with Crippen LogP contribution in [0.4, 0.5) is 27.5 Å². The Bertz CT molecular complexity index is 652. The average Bonchev–Trinajstić information content (AvgIpc) is 2.33. The minimum Gasteiger partial charge on any atom is -0.368 e. The lowest BCUT2D eigenvalue weighted by molar-refractivity contribution is -0.384. The van der Waals surface area contributed by atoms with Gasteiger partial charge in [0.1, 0.15) is 12.0 Å². The molecule has 1 heterocycles. The largest absolute Gasteiger partial charge is 0.368 e. The van der Waals surface area contributed by atoms with E-state index in [0.29, 0.717) is 10.2 Å². The van der Waals surface area contributed by atoms with Crippen LogP contribution in [0.15, 0.2) is 28.9 Å². The molecule has 1 aromatic carbocycles. The van der Waals surface area contributed by atoms with Gasteiger partial charge in [0.15, 0.2) is 0 Å². The van der Waals surface area contributed by atoms with Gasteiger partial charge in [0.05, 0.1) is 10.6 Å². The Morgan fingerprint density at radius 2 is 2.21 bits per heavy atom. The van der Waals surface area contributed by atoms with Crippen molar-refractivity contribution >= 4 is 39.1 Å². The van der Waals surface area contributed by atoms with Gasteiger partial charge < -0.3 is 11.1 Å². The minimum absolute atomic E-state index is 0.108. The zero-order valence-corrected chi connectivity index (χ0v) is 10.9. The third kappa shape index (κ3) is 2.94. The van der Waals surface area contributed by atoms with E-state index in [9.17, 15) is 14.5 Å². The van der Waals surface area contributed by atoms with Gasteiger partial charge in [-0.2, -0.15) is 4.98 Å². The number of nitro groups is 1. The molecule has 7 nitrogen and oxygen atoms in total. The number of hydrogen-bond acceptors (Lipinski definition) is 6. The molecule has 0 aliphatic heterocycles. The smallest absolute Gasteiger partial charge is 0.329 e. The van der Waals surface area contributed by atoms with Crippen molar-refractivity contribution in [2.24, 2.45) is 0 Å². The van der Waals surface area contributed by atoms with Crippen molar-refractivity contribution in [3.8, 4) is 0 Å². The zero-order valence-electron chi connectivity index (χ0n) is 9.30. The van der Waals surface area contributed by atoms with E-state index in [4.69, 9.17) is 5.73 Å². The summed E-state index contributed by atoms with van der Waals surface area (Å²) in [6.45, 7) is 0. The molecule has 2 aromatic rings. The third-order valence-electron chi connectivity index (χ3n) is 2.17. The van der Waals surface area contributed by atoms with Crippen molar-refractivity contribution in [3.05, 3.63) is 44.8 Å². The van der Waals surface area contributed by atoms with Crippen molar-refractivity contribution in [1.29, 1.82) is 0 Å². The van der Waals surface area contributed by atoms with Crippen LogP contribution in [0.1, 0.15) is 0 Å². The summed E-state index contributed by atoms with van der Waals surface area (Å²) in [4.78, 5) is 17.4. The van der Waals surface area contributed by atoms with Gasteiger partial charge >= 0.3 is 5.69 Å². The average molecular weight is 328 g/mol. The first kappa shape index (κ1) is 13.1. The number of anilines is 3. The summed E-state index contributed by atoms with van der Waals surface area (Å²) in [5, 5.41) is 13.5. The quantitative estimate of drug-likeness (QED) is 0.662. The van der Waals surface area contributed by atoms with Gasteiger partial charge in [-0.1, -0.05) is 0 Å². The number of nitrogens with two attached hydrogens (primary N) is 1. The SMILES string of the molecule is Nc1ncc([N+](=O)[O-])c(Nc2cc(F)ccc2Br)n1. The Kier molecular flexibility index (Phi) is 3.56. The van der Waals surface area contributed by atoms with E-state index in [1.165, 1.54) is 18.2 Å². The van der Waals surface area contributed by atoms with Crippen LogP contribution in [0.25, 0.3) is 0 Å². The number of nitrogens with one attached hydrogen (secondary N) is 1. The molecular weight excluding hydrogens is 321 g/mol. The van der Waals surface area contributed by atoms with E-state index in [1.807, 2.05) is 0 Å². The topological polar surface area (TPSA) is 107 Å². The molecule has 3 N–H and O–H groups in total. The number of nitrogen functional groups attached to an aromatic ring is 1. The number of benzene rings is 1. The van der Waals surface area contributed by atoms with E-state index in [0.717, 1.165) is 6.20 Å². The van der Waals surface area contributed by atoms with Crippen LogP contribution in [-0.4, -0.2) is 14.9 Å². The highest BCUT2D eigenvalue weighted by Crippen LogP contribution is 2.30. The third-order valence-corrected chi connectivity index (χ3v) is 2.86. The Balaban J connectivity index is 2.45. The molecule has 0 atom stereocenters. The molecule has 98 valence electrons. The highest BCUT2D eigenvalue weighted by molar-refractivity contribution is 9.10.